The van der Waals surface area contributed by atoms with Gasteiger partial charge in [0.15, 0.2) is 0 Å². The third kappa shape index (κ3) is 4.71. The molecule has 0 aromatic carbocycles. The Hall–Kier alpha value is -1.73. The molecule has 0 saturated heterocycles. The van der Waals surface area contributed by atoms with Crippen LogP contribution in [0.15, 0.2) is 22.7 Å². The fourth-order valence-corrected chi connectivity index (χ4v) is 2.89. The molecule has 0 amide bonds. The van der Waals surface area contributed by atoms with Gasteiger partial charge in [-0.25, -0.2) is 18.6 Å². The molecule has 2 heterocycles. The van der Waals surface area contributed by atoms with Gasteiger partial charge in [0.1, 0.15) is 22.1 Å². The van der Waals surface area contributed by atoms with Crippen molar-refractivity contribution in [3.63, 3.8) is 0 Å². The summed E-state index contributed by atoms with van der Waals surface area (Å²) in [6, 6.07) is 3.45. The predicted octanol–water partition coefficient (Wildman–Crippen LogP) is 4.74. The number of nitrogens with zero attached hydrogens (tertiary/aromatic N) is 3. The van der Waals surface area contributed by atoms with Gasteiger partial charge in [-0.05, 0) is 60.6 Å². The topological polar surface area (TPSA) is 73.5 Å². The van der Waals surface area contributed by atoms with Gasteiger partial charge < -0.3 is 4.74 Å². The highest BCUT2D eigenvalue weighted by atomic mass is 35.5. The normalized spacial score (nSPS) is 14.5. The molecule has 0 aliphatic carbocycles. The Morgan fingerprint density at radius 2 is 1.85 bits per heavy atom. The van der Waals surface area contributed by atoms with E-state index in [-0.39, 0.29) is 0 Å². The zero-order valence-corrected chi connectivity index (χ0v) is 17.7. The molecule has 2 aromatic rings. The fraction of sp³-hybridized carbons (Fsp3) is 0.500. The smallest absolute Gasteiger partial charge is 0.419 e. The highest BCUT2D eigenvalue weighted by Gasteiger charge is 2.22. The van der Waals surface area contributed by atoms with Crippen molar-refractivity contribution in [2.75, 3.05) is 0 Å². The van der Waals surface area contributed by atoms with Crippen molar-refractivity contribution >= 4 is 45.4 Å². The monoisotopic (exact) mass is 397 g/mol. The number of hydrogen-bond acceptors (Lipinski definition) is 4. The van der Waals surface area contributed by atoms with E-state index in [4.69, 9.17) is 16.3 Å². The van der Waals surface area contributed by atoms with Crippen molar-refractivity contribution in [2.24, 2.45) is 4.40 Å². The minimum Gasteiger partial charge on any atom is -0.443 e. The molecule has 2 aromatic heterocycles. The van der Waals surface area contributed by atoms with Crippen molar-refractivity contribution in [1.29, 1.82) is 0 Å². The third-order valence-corrected chi connectivity index (χ3v) is 5.07. The zero-order valence-electron chi connectivity index (χ0n) is 16.1. The maximum Gasteiger partial charge on any atom is 0.419 e. The molecular formula is C18H24ClN3O3S. The highest BCUT2D eigenvalue weighted by Crippen LogP contribution is 2.26. The molecule has 0 spiro atoms. The summed E-state index contributed by atoms with van der Waals surface area (Å²) in [5.74, 6) is 0. The SMILES string of the molecule is C/C(=N\S(=O)C(C)(C)C)c1ccc2c(n1)c(Cl)cn2C(=O)OC(C)(C)C. The van der Waals surface area contributed by atoms with Crippen LogP contribution in [0, 0.1) is 0 Å². The molecule has 0 fully saturated rings. The van der Waals surface area contributed by atoms with Crippen LogP contribution >= 0.6 is 11.6 Å². The summed E-state index contributed by atoms with van der Waals surface area (Å²) in [6.07, 6.45) is 0.958. The lowest BCUT2D eigenvalue weighted by atomic mass is 10.2. The second-order valence-electron chi connectivity index (χ2n) is 7.93. The molecule has 6 nitrogen and oxygen atoms in total. The van der Waals surface area contributed by atoms with E-state index in [1.165, 1.54) is 10.8 Å². The summed E-state index contributed by atoms with van der Waals surface area (Å²) in [5, 5.41) is 0.331. The Morgan fingerprint density at radius 3 is 2.38 bits per heavy atom. The first-order valence-electron chi connectivity index (χ1n) is 8.18. The molecule has 0 radical (unpaired) electrons. The molecule has 142 valence electrons. The summed E-state index contributed by atoms with van der Waals surface area (Å²) >= 11 is 6.26. The van der Waals surface area contributed by atoms with Gasteiger partial charge in [-0.3, -0.25) is 0 Å². The predicted molar refractivity (Wildman–Crippen MR) is 106 cm³/mol. The lowest BCUT2D eigenvalue weighted by Crippen LogP contribution is -2.26. The van der Waals surface area contributed by atoms with Crippen LogP contribution in [0.5, 0.6) is 0 Å². The molecule has 0 saturated carbocycles. The number of aromatic nitrogens is 2. The van der Waals surface area contributed by atoms with Crippen molar-refractivity contribution in [1.82, 2.24) is 9.55 Å². The summed E-state index contributed by atoms with van der Waals surface area (Å²) in [7, 11) is -1.38. The van der Waals surface area contributed by atoms with Gasteiger partial charge >= 0.3 is 6.09 Å². The molecule has 1 atom stereocenters. The van der Waals surface area contributed by atoms with Crippen molar-refractivity contribution < 1.29 is 13.7 Å². The molecule has 2 rings (SSSR count). The average Bonchev–Trinajstić information content (AvgIpc) is 2.81. The van der Waals surface area contributed by atoms with Crippen LogP contribution in [0.1, 0.15) is 54.2 Å². The van der Waals surface area contributed by atoms with Crippen LogP contribution in [-0.2, 0) is 15.7 Å². The second kappa shape index (κ2) is 7.12. The van der Waals surface area contributed by atoms with Gasteiger partial charge in [-0.2, -0.15) is 4.40 Å². The Labute approximate surface area is 161 Å². The number of fused-ring (bicyclic) bond motifs is 1. The number of carbonyl (C=O) groups excluding carboxylic acids is 1. The van der Waals surface area contributed by atoms with Gasteiger partial charge in [0.25, 0.3) is 0 Å². The Kier molecular flexibility index (Phi) is 5.63. The molecule has 0 aliphatic heterocycles. The van der Waals surface area contributed by atoms with Gasteiger partial charge in [0.05, 0.1) is 26.7 Å². The zero-order chi connectivity index (χ0) is 19.9. The number of ether oxygens (including phenoxy) is 1. The van der Waals surface area contributed by atoms with Crippen LogP contribution in [0.3, 0.4) is 0 Å². The number of halogens is 1. The van der Waals surface area contributed by atoms with Crippen molar-refractivity contribution in [3.8, 4) is 0 Å². The van der Waals surface area contributed by atoms with E-state index in [0.29, 0.717) is 27.5 Å². The first-order valence-corrected chi connectivity index (χ1v) is 9.67. The molecule has 8 heteroatoms. The minimum atomic E-state index is -1.38. The van der Waals surface area contributed by atoms with E-state index < -0.39 is 27.4 Å². The highest BCUT2D eigenvalue weighted by molar-refractivity contribution is 7.85. The van der Waals surface area contributed by atoms with E-state index in [0.717, 1.165) is 0 Å². The van der Waals surface area contributed by atoms with Crippen LogP contribution in [0.4, 0.5) is 4.79 Å². The minimum absolute atomic E-state index is 0.331. The average molecular weight is 398 g/mol. The summed E-state index contributed by atoms with van der Waals surface area (Å²) in [6.45, 7) is 12.7. The van der Waals surface area contributed by atoms with Crippen molar-refractivity contribution in [3.05, 3.63) is 29.0 Å². The van der Waals surface area contributed by atoms with E-state index in [1.807, 2.05) is 20.8 Å². The quantitative estimate of drug-likeness (QED) is 0.685. The van der Waals surface area contributed by atoms with Crippen molar-refractivity contribution in [2.45, 2.75) is 58.8 Å². The van der Waals surface area contributed by atoms with E-state index in [9.17, 15) is 9.00 Å². The molecular weight excluding hydrogens is 374 g/mol. The van der Waals surface area contributed by atoms with Gasteiger partial charge in [-0.15, -0.1) is 0 Å². The van der Waals surface area contributed by atoms with Crippen LogP contribution in [-0.4, -0.2) is 35.9 Å². The van der Waals surface area contributed by atoms with Gasteiger partial charge in [0.2, 0.25) is 0 Å². The lowest BCUT2D eigenvalue weighted by molar-refractivity contribution is 0.0544. The fourth-order valence-electron chi connectivity index (χ4n) is 2.04. The largest absolute Gasteiger partial charge is 0.443 e. The van der Waals surface area contributed by atoms with Gasteiger partial charge in [0, 0.05) is 6.20 Å². The Balaban J connectivity index is 2.44. The van der Waals surface area contributed by atoms with Gasteiger partial charge in [-0.1, -0.05) is 11.6 Å². The molecule has 0 N–H and O–H groups in total. The van der Waals surface area contributed by atoms with E-state index in [1.54, 1.807) is 39.8 Å². The first kappa shape index (κ1) is 20.6. The molecule has 26 heavy (non-hydrogen) atoms. The maximum atomic E-state index is 12.4. The van der Waals surface area contributed by atoms with E-state index >= 15 is 0 Å². The van der Waals surface area contributed by atoms with Crippen LogP contribution in [0.25, 0.3) is 11.0 Å². The lowest BCUT2D eigenvalue weighted by Gasteiger charge is -2.19. The second-order valence-corrected chi connectivity index (χ2v) is 10.2. The van der Waals surface area contributed by atoms with Crippen LogP contribution < -0.4 is 0 Å². The number of pyridine rings is 1. The first-order chi connectivity index (χ1) is 11.8. The molecule has 0 bridgehead atoms. The standard InChI is InChI=1S/C18H24ClN3O3S/c1-11(21-26(24)18(5,6)7)13-8-9-14-15(20-13)12(19)10-22(14)16(23)25-17(2,3)4/h8-10H,1-7H3/b21-11+. The molecule has 0 aliphatic rings. The Morgan fingerprint density at radius 1 is 1.23 bits per heavy atom. The number of rotatable bonds is 2. The Bertz CT molecular complexity index is 905. The number of carbonyl (C=O) groups is 1. The summed E-state index contributed by atoms with van der Waals surface area (Å²) in [4.78, 5) is 16.8. The number of hydrogen-bond donors (Lipinski definition) is 0. The summed E-state index contributed by atoms with van der Waals surface area (Å²) < 4.78 is 22.7. The third-order valence-electron chi connectivity index (χ3n) is 3.31. The summed E-state index contributed by atoms with van der Waals surface area (Å²) in [5.41, 5.74) is 1.48. The van der Waals surface area contributed by atoms with E-state index in [2.05, 4.69) is 9.38 Å². The maximum absolute atomic E-state index is 12.4. The molecule has 1 unspecified atom stereocenters. The van der Waals surface area contributed by atoms with Crippen LogP contribution in [0.2, 0.25) is 5.02 Å².